The van der Waals surface area contributed by atoms with Gasteiger partial charge < -0.3 is 19.3 Å². The zero-order valence-corrected chi connectivity index (χ0v) is 27.9. The topological polar surface area (TPSA) is 99.9 Å². The van der Waals surface area contributed by atoms with Crippen molar-refractivity contribution in [2.75, 3.05) is 26.1 Å². The molecule has 1 aromatic heterocycles. The number of aromatic nitrogens is 2. The summed E-state index contributed by atoms with van der Waals surface area (Å²) >= 11 is 0. The van der Waals surface area contributed by atoms with Crippen LogP contribution in [0.1, 0.15) is 37.4 Å². The first-order chi connectivity index (χ1) is 22.8. The van der Waals surface area contributed by atoms with Crippen LogP contribution in [0.25, 0.3) is 16.9 Å². The largest absolute Gasteiger partial charge is 0.491 e. The molecular weight excluding hydrogens is 612 g/mol. The molecule has 0 radical (unpaired) electrons. The molecule has 5 rings (SSSR count). The van der Waals surface area contributed by atoms with Crippen molar-refractivity contribution >= 4 is 9.84 Å². The SMILES string of the molecule is CC(CCOCc1cc(-c2ccc(S(C)(=O)=O)cc2)n(-c2ccccc2)n1)Oc1ccccc1.OCCCCOCc1ccccc1. The monoisotopic (exact) mass is 656 g/mol. The fourth-order valence-electron chi connectivity index (χ4n) is 4.64. The average Bonchev–Trinajstić information content (AvgIpc) is 3.52. The van der Waals surface area contributed by atoms with Crippen molar-refractivity contribution < 1.29 is 27.7 Å². The van der Waals surface area contributed by atoms with Gasteiger partial charge in [0.15, 0.2) is 9.84 Å². The van der Waals surface area contributed by atoms with E-state index in [0.29, 0.717) is 19.8 Å². The molecule has 9 heteroatoms. The number of unbranched alkanes of at least 4 members (excludes halogenated alkanes) is 1. The maximum atomic E-state index is 11.8. The van der Waals surface area contributed by atoms with E-state index in [4.69, 9.17) is 24.4 Å². The zero-order chi connectivity index (χ0) is 33.3. The van der Waals surface area contributed by atoms with E-state index >= 15 is 0 Å². The van der Waals surface area contributed by atoms with E-state index in [1.807, 2.05) is 109 Å². The van der Waals surface area contributed by atoms with Gasteiger partial charge in [-0.15, -0.1) is 0 Å². The lowest BCUT2D eigenvalue weighted by Gasteiger charge is -2.14. The molecule has 0 amide bonds. The highest BCUT2D eigenvalue weighted by Crippen LogP contribution is 2.26. The van der Waals surface area contributed by atoms with Gasteiger partial charge in [0.25, 0.3) is 0 Å². The lowest BCUT2D eigenvalue weighted by molar-refractivity contribution is 0.0857. The highest BCUT2D eigenvalue weighted by molar-refractivity contribution is 7.90. The van der Waals surface area contributed by atoms with Crippen LogP contribution < -0.4 is 4.74 Å². The van der Waals surface area contributed by atoms with E-state index in [2.05, 4.69) is 0 Å². The minimum atomic E-state index is -3.25. The number of aliphatic hydroxyl groups excluding tert-OH is 1. The number of para-hydroxylation sites is 2. The highest BCUT2D eigenvalue weighted by atomic mass is 32.2. The predicted octanol–water partition coefficient (Wildman–Crippen LogP) is 7.29. The van der Waals surface area contributed by atoms with Crippen LogP contribution in [-0.4, -0.2) is 55.5 Å². The number of hydrogen-bond donors (Lipinski definition) is 1. The van der Waals surface area contributed by atoms with E-state index in [-0.39, 0.29) is 17.6 Å². The van der Waals surface area contributed by atoms with Crippen molar-refractivity contribution in [3.63, 3.8) is 0 Å². The molecule has 47 heavy (non-hydrogen) atoms. The number of benzene rings is 4. The lowest BCUT2D eigenvalue weighted by Crippen LogP contribution is -2.14. The molecule has 0 spiro atoms. The quantitative estimate of drug-likeness (QED) is 0.111. The number of aliphatic hydroxyl groups is 1. The lowest BCUT2D eigenvalue weighted by atomic mass is 10.1. The molecule has 0 fully saturated rings. The smallest absolute Gasteiger partial charge is 0.175 e. The van der Waals surface area contributed by atoms with Crippen LogP contribution in [0.5, 0.6) is 5.75 Å². The molecule has 4 aromatic carbocycles. The summed E-state index contributed by atoms with van der Waals surface area (Å²) in [6, 6.07) is 38.5. The van der Waals surface area contributed by atoms with Crippen LogP contribution >= 0.6 is 0 Å². The van der Waals surface area contributed by atoms with Crippen LogP contribution in [0.3, 0.4) is 0 Å². The second-order valence-corrected chi connectivity index (χ2v) is 13.1. The van der Waals surface area contributed by atoms with Gasteiger partial charge >= 0.3 is 0 Å². The predicted molar refractivity (Wildman–Crippen MR) is 185 cm³/mol. The Bertz CT molecular complexity index is 1690. The molecule has 0 aliphatic carbocycles. The van der Waals surface area contributed by atoms with Crippen LogP contribution in [-0.2, 0) is 32.5 Å². The Morgan fingerprint density at radius 3 is 2.02 bits per heavy atom. The van der Waals surface area contributed by atoms with Gasteiger partial charge in [-0.1, -0.05) is 78.9 Å². The summed E-state index contributed by atoms with van der Waals surface area (Å²) < 4.78 is 42.7. The van der Waals surface area contributed by atoms with Crippen LogP contribution in [0.4, 0.5) is 0 Å². The minimum absolute atomic E-state index is 0.0354. The molecule has 0 saturated carbocycles. The van der Waals surface area contributed by atoms with Crippen molar-refractivity contribution in [3.05, 3.63) is 133 Å². The number of hydrogen-bond acceptors (Lipinski definition) is 7. The van der Waals surface area contributed by atoms with Gasteiger partial charge in [-0.05, 0) is 67.8 Å². The third kappa shape index (κ3) is 12.1. The summed E-state index contributed by atoms with van der Waals surface area (Å²) in [5.74, 6) is 0.850. The fourth-order valence-corrected chi connectivity index (χ4v) is 5.27. The fraction of sp³-hybridized carbons (Fsp3) is 0.289. The maximum absolute atomic E-state index is 11.8. The summed E-state index contributed by atoms with van der Waals surface area (Å²) in [5, 5.41) is 13.3. The number of ether oxygens (including phenoxy) is 3. The molecule has 5 aromatic rings. The molecule has 0 aliphatic heterocycles. The third-order valence-electron chi connectivity index (χ3n) is 7.15. The summed E-state index contributed by atoms with van der Waals surface area (Å²) in [4.78, 5) is 0.289. The second-order valence-electron chi connectivity index (χ2n) is 11.1. The van der Waals surface area contributed by atoms with Gasteiger partial charge in [-0.2, -0.15) is 5.10 Å². The number of rotatable bonds is 16. The van der Waals surface area contributed by atoms with E-state index < -0.39 is 9.84 Å². The van der Waals surface area contributed by atoms with E-state index in [0.717, 1.165) is 54.3 Å². The first kappa shape index (κ1) is 35.6. The highest BCUT2D eigenvalue weighted by Gasteiger charge is 2.14. The number of nitrogens with zero attached hydrogens (tertiary/aromatic N) is 2. The van der Waals surface area contributed by atoms with Gasteiger partial charge in [0.2, 0.25) is 0 Å². The van der Waals surface area contributed by atoms with Gasteiger partial charge in [0, 0.05) is 31.5 Å². The summed E-state index contributed by atoms with van der Waals surface area (Å²) in [7, 11) is -3.25. The first-order valence-corrected chi connectivity index (χ1v) is 17.7. The molecule has 1 unspecified atom stereocenters. The number of sulfone groups is 1. The van der Waals surface area contributed by atoms with Crippen LogP contribution in [0, 0.1) is 0 Å². The van der Waals surface area contributed by atoms with E-state index in [9.17, 15) is 8.42 Å². The van der Waals surface area contributed by atoms with Crippen LogP contribution in [0.2, 0.25) is 0 Å². The maximum Gasteiger partial charge on any atom is 0.175 e. The first-order valence-electron chi connectivity index (χ1n) is 15.8. The molecule has 1 heterocycles. The molecule has 248 valence electrons. The summed E-state index contributed by atoms with van der Waals surface area (Å²) in [6.45, 7) is 4.60. The van der Waals surface area contributed by atoms with Crippen molar-refractivity contribution in [2.45, 2.75) is 50.4 Å². The Balaban J connectivity index is 0.000000323. The Morgan fingerprint density at radius 1 is 0.766 bits per heavy atom. The van der Waals surface area contributed by atoms with Crippen molar-refractivity contribution in [2.24, 2.45) is 0 Å². The molecule has 0 bridgehead atoms. The van der Waals surface area contributed by atoms with Gasteiger partial charge in [-0.3, -0.25) is 0 Å². The Morgan fingerprint density at radius 2 is 1.38 bits per heavy atom. The summed E-state index contributed by atoms with van der Waals surface area (Å²) in [5.41, 5.74) is 4.65. The molecule has 0 aliphatic rings. The van der Waals surface area contributed by atoms with Crippen molar-refractivity contribution in [1.29, 1.82) is 0 Å². The van der Waals surface area contributed by atoms with E-state index in [1.54, 1.807) is 24.3 Å². The van der Waals surface area contributed by atoms with Crippen LogP contribution in [0.15, 0.2) is 126 Å². The average molecular weight is 657 g/mol. The molecular formula is C38H44N2O6S. The van der Waals surface area contributed by atoms with Crippen molar-refractivity contribution in [3.8, 4) is 22.7 Å². The Kier molecular flexibility index (Phi) is 14.2. The van der Waals surface area contributed by atoms with Gasteiger partial charge in [0.1, 0.15) is 5.75 Å². The summed E-state index contributed by atoms with van der Waals surface area (Å²) in [6.07, 6.45) is 3.76. The molecule has 1 atom stereocenters. The van der Waals surface area contributed by atoms with E-state index in [1.165, 1.54) is 11.8 Å². The third-order valence-corrected chi connectivity index (χ3v) is 8.27. The Hall–Kier alpha value is -4.28. The molecule has 0 saturated heterocycles. The minimum Gasteiger partial charge on any atom is -0.491 e. The second kappa shape index (κ2) is 18.8. The standard InChI is InChI=1S/C27H28N2O4S.C11H16O2/c1-21(33-25-11-7-4-8-12-25)17-18-32-20-23-19-27(29(28-23)24-9-5-3-6-10-24)22-13-15-26(16-14-22)34(2,30)31;12-8-4-5-9-13-10-11-6-2-1-3-7-11/h3-16,19,21H,17-18,20H2,1-2H3;1-3,6-7,12H,4-5,8-10H2. The van der Waals surface area contributed by atoms with Gasteiger partial charge in [0.05, 0.1) is 47.9 Å². The Labute approximate surface area is 278 Å². The van der Waals surface area contributed by atoms with Crippen molar-refractivity contribution in [1.82, 2.24) is 9.78 Å². The van der Waals surface area contributed by atoms with Gasteiger partial charge in [-0.25, -0.2) is 13.1 Å². The molecule has 1 N–H and O–H groups in total. The zero-order valence-electron chi connectivity index (χ0n) is 27.1. The normalized spacial score (nSPS) is 11.8. The molecule has 8 nitrogen and oxygen atoms in total.